The molecule has 1 aromatic heterocycles. The second-order valence-electron chi connectivity index (χ2n) is 7.01. The van der Waals surface area contributed by atoms with Gasteiger partial charge in [-0.25, -0.2) is 0 Å². The second-order valence-corrected chi connectivity index (χ2v) is 8.14. The van der Waals surface area contributed by atoms with Gasteiger partial charge in [0, 0.05) is 24.5 Å². The largest absolute Gasteiger partial charge is 0.375 e. The fourth-order valence-corrected chi connectivity index (χ4v) is 4.79. The molecule has 3 heterocycles. The van der Waals surface area contributed by atoms with Crippen LogP contribution in [0.4, 0.5) is 0 Å². The third kappa shape index (κ3) is 4.38. The lowest BCUT2D eigenvalue weighted by Gasteiger charge is -2.26. The van der Waals surface area contributed by atoms with Gasteiger partial charge in [-0.1, -0.05) is 13.3 Å². The van der Waals surface area contributed by atoms with Crippen molar-refractivity contribution in [3.05, 3.63) is 21.4 Å². The van der Waals surface area contributed by atoms with E-state index in [0.29, 0.717) is 0 Å². The zero-order valence-electron chi connectivity index (χ0n) is 15.1. The molecule has 2 aliphatic rings. The molecule has 2 aliphatic heterocycles. The monoisotopic (exact) mass is 350 g/mol. The summed E-state index contributed by atoms with van der Waals surface area (Å²) < 4.78 is 6.04. The number of likely N-dealkylation sites (tertiary alicyclic amines) is 2. The Hall–Kier alpha value is -0.910. The number of carbonyl (C=O) groups is 1. The summed E-state index contributed by atoms with van der Waals surface area (Å²) in [5.74, 6) is 0.185. The van der Waals surface area contributed by atoms with E-state index < -0.39 is 0 Å². The summed E-state index contributed by atoms with van der Waals surface area (Å²) in [5.41, 5.74) is 1.25. The number of hydrogen-bond donors (Lipinski definition) is 0. The summed E-state index contributed by atoms with van der Waals surface area (Å²) in [7, 11) is 0. The summed E-state index contributed by atoms with van der Waals surface area (Å²) in [6.07, 6.45) is 6.21. The average molecular weight is 351 g/mol. The topological polar surface area (TPSA) is 32.8 Å². The molecule has 0 spiro atoms. The fourth-order valence-electron chi connectivity index (χ4n) is 3.71. The Bertz CT molecular complexity index is 552. The standard InChI is InChI=1S/C19H30N2O2S/c1-3-17-15(2)13-18(24-17)19(22)21-10-7-16(14-21)23-12-11-20-8-5-4-6-9-20/h13,16H,3-12,14H2,1-2H3/t16-/m1/s1. The number of nitrogens with zero attached hydrogens (tertiary/aromatic N) is 2. The highest BCUT2D eigenvalue weighted by Gasteiger charge is 2.28. The van der Waals surface area contributed by atoms with E-state index in [-0.39, 0.29) is 12.0 Å². The first-order valence-electron chi connectivity index (χ1n) is 9.40. The zero-order chi connectivity index (χ0) is 16.9. The van der Waals surface area contributed by atoms with Crippen LogP contribution in [-0.4, -0.2) is 61.1 Å². The van der Waals surface area contributed by atoms with Gasteiger partial charge in [0.25, 0.3) is 5.91 Å². The Labute approximate surface area is 149 Å². The highest BCUT2D eigenvalue weighted by molar-refractivity contribution is 7.14. The third-order valence-corrected chi connectivity index (χ3v) is 6.56. The van der Waals surface area contributed by atoms with Gasteiger partial charge in [0.1, 0.15) is 0 Å². The van der Waals surface area contributed by atoms with Gasteiger partial charge in [-0.2, -0.15) is 0 Å². The molecule has 1 amide bonds. The molecular weight excluding hydrogens is 320 g/mol. The van der Waals surface area contributed by atoms with E-state index in [1.54, 1.807) is 11.3 Å². The van der Waals surface area contributed by atoms with Crippen molar-refractivity contribution in [1.82, 2.24) is 9.80 Å². The van der Waals surface area contributed by atoms with Gasteiger partial charge >= 0.3 is 0 Å². The van der Waals surface area contributed by atoms with Crippen LogP contribution in [0.3, 0.4) is 0 Å². The minimum atomic E-state index is 0.185. The minimum Gasteiger partial charge on any atom is -0.375 e. The van der Waals surface area contributed by atoms with E-state index in [1.807, 2.05) is 4.90 Å². The number of amides is 1. The van der Waals surface area contributed by atoms with Gasteiger partial charge in [-0.3, -0.25) is 4.79 Å². The second kappa shape index (κ2) is 8.45. The summed E-state index contributed by atoms with van der Waals surface area (Å²) in [6.45, 7) is 10.1. The maximum atomic E-state index is 12.7. The van der Waals surface area contributed by atoms with Crippen molar-refractivity contribution in [1.29, 1.82) is 0 Å². The molecule has 1 aromatic rings. The molecule has 0 aliphatic carbocycles. The fraction of sp³-hybridized carbons (Fsp3) is 0.737. The van der Waals surface area contributed by atoms with Crippen molar-refractivity contribution in [2.75, 3.05) is 39.3 Å². The molecule has 0 bridgehead atoms. The highest BCUT2D eigenvalue weighted by Crippen LogP contribution is 2.25. The molecule has 5 heteroatoms. The Morgan fingerprint density at radius 1 is 1.29 bits per heavy atom. The number of hydrogen-bond acceptors (Lipinski definition) is 4. The molecule has 1 atom stereocenters. The first-order valence-corrected chi connectivity index (χ1v) is 10.2. The number of piperidine rings is 1. The van der Waals surface area contributed by atoms with Crippen LogP contribution >= 0.6 is 11.3 Å². The molecule has 0 unspecified atom stereocenters. The van der Waals surface area contributed by atoms with Gasteiger partial charge in [-0.05, 0) is 57.3 Å². The maximum absolute atomic E-state index is 12.7. The molecule has 2 fully saturated rings. The molecule has 0 N–H and O–H groups in total. The smallest absolute Gasteiger partial charge is 0.264 e. The minimum absolute atomic E-state index is 0.185. The van der Waals surface area contributed by atoms with E-state index in [0.717, 1.165) is 44.0 Å². The number of carbonyl (C=O) groups excluding carboxylic acids is 1. The van der Waals surface area contributed by atoms with Crippen LogP contribution in [0.15, 0.2) is 6.07 Å². The van der Waals surface area contributed by atoms with E-state index in [2.05, 4.69) is 24.8 Å². The molecule has 4 nitrogen and oxygen atoms in total. The Balaban J connectivity index is 1.43. The van der Waals surface area contributed by atoms with Crippen molar-refractivity contribution in [3.8, 4) is 0 Å². The Morgan fingerprint density at radius 3 is 2.79 bits per heavy atom. The lowest BCUT2D eigenvalue weighted by atomic mass is 10.1. The van der Waals surface area contributed by atoms with Gasteiger partial charge < -0.3 is 14.5 Å². The van der Waals surface area contributed by atoms with Crippen LogP contribution in [0.1, 0.15) is 52.7 Å². The Kier molecular flexibility index (Phi) is 6.31. The maximum Gasteiger partial charge on any atom is 0.264 e. The first kappa shape index (κ1) is 17.9. The van der Waals surface area contributed by atoms with Gasteiger partial charge in [0.2, 0.25) is 0 Å². The number of ether oxygens (including phenoxy) is 1. The summed E-state index contributed by atoms with van der Waals surface area (Å²) >= 11 is 1.65. The van der Waals surface area contributed by atoms with E-state index in [9.17, 15) is 4.79 Å². The van der Waals surface area contributed by atoms with Crippen LogP contribution < -0.4 is 0 Å². The van der Waals surface area contributed by atoms with E-state index in [4.69, 9.17) is 4.74 Å². The van der Waals surface area contributed by atoms with Crippen LogP contribution in [0.5, 0.6) is 0 Å². The van der Waals surface area contributed by atoms with E-state index in [1.165, 1.54) is 42.8 Å². The van der Waals surface area contributed by atoms with Crippen molar-refractivity contribution in [3.63, 3.8) is 0 Å². The van der Waals surface area contributed by atoms with Gasteiger partial charge in [0.05, 0.1) is 17.6 Å². The molecule has 24 heavy (non-hydrogen) atoms. The predicted molar refractivity (Wildman–Crippen MR) is 99.0 cm³/mol. The molecule has 0 radical (unpaired) electrons. The molecule has 3 rings (SSSR count). The first-order chi connectivity index (χ1) is 11.7. The molecule has 2 saturated heterocycles. The highest BCUT2D eigenvalue weighted by atomic mass is 32.1. The predicted octanol–water partition coefficient (Wildman–Crippen LogP) is 3.34. The molecule has 0 saturated carbocycles. The third-order valence-electron chi connectivity index (χ3n) is 5.19. The van der Waals surface area contributed by atoms with Gasteiger partial charge in [0.15, 0.2) is 0 Å². The van der Waals surface area contributed by atoms with Crippen molar-refractivity contribution in [2.24, 2.45) is 0 Å². The van der Waals surface area contributed by atoms with Crippen LogP contribution in [0, 0.1) is 6.92 Å². The average Bonchev–Trinajstić information content (AvgIpc) is 3.22. The Morgan fingerprint density at radius 2 is 2.08 bits per heavy atom. The molecule has 0 aromatic carbocycles. The van der Waals surface area contributed by atoms with Crippen molar-refractivity contribution in [2.45, 2.75) is 52.1 Å². The van der Waals surface area contributed by atoms with Crippen LogP contribution in [0.25, 0.3) is 0 Å². The lowest BCUT2D eigenvalue weighted by molar-refractivity contribution is 0.0380. The SMILES string of the molecule is CCc1sc(C(=O)N2CC[C@@H](OCCN3CCCCC3)C2)cc1C. The normalized spacial score (nSPS) is 22.2. The van der Waals surface area contributed by atoms with Crippen molar-refractivity contribution < 1.29 is 9.53 Å². The van der Waals surface area contributed by atoms with Crippen LogP contribution in [-0.2, 0) is 11.2 Å². The summed E-state index contributed by atoms with van der Waals surface area (Å²) in [4.78, 5) is 19.4. The number of aryl methyl sites for hydroxylation is 2. The molecular formula is C19H30N2O2S. The van der Waals surface area contributed by atoms with Gasteiger partial charge in [-0.15, -0.1) is 11.3 Å². The lowest BCUT2D eigenvalue weighted by Crippen LogP contribution is -2.34. The summed E-state index contributed by atoms with van der Waals surface area (Å²) in [5, 5.41) is 0. The van der Waals surface area contributed by atoms with E-state index >= 15 is 0 Å². The quantitative estimate of drug-likeness (QED) is 0.789. The zero-order valence-corrected chi connectivity index (χ0v) is 15.9. The number of rotatable bonds is 6. The molecule has 134 valence electrons. The summed E-state index contributed by atoms with van der Waals surface area (Å²) in [6, 6.07) is 2.05. The van der Waals surface area contributed by atoms with Crippen molar-refractivity contribution >= 4 is 17.2 Å². The number of thiophene rings is 1. The van der Waals surface area contributed by atoms with Crippen LogP contribution in [0.2, 0.25) is 0 Å².